The largest absolute Gasteiger partial charge is 0.459 e. The molecule has 0 unspecified atom stereocenters. The maximum Gasteiger partial charge on any atom is 0.254 e. The molecule has 114 valence electrons. The summed E-state index contributed by atoms with van der Waals surface area (Å²) in [6.45, 7) is 2.65. The first-order chi connectivity index (χ1) is 11.2. The highest BCUT2D eigenvalue weighted by molar-refractivity contribution is 5.97. The van der Waals surface area contributed by atoms with Gasteiger partial charge in [0.25, 0.3) is 5.91 Å². The first-order valence-electron chi connectivity index (χ1n) is 7.52. The van der Waals surface area contributed by atoms with Gasteiger partial charge in [0.15, 0.2) is 11.6 Å². The molecule has 1 aromatic carbocycles. The molecule has 1 aliphatic heterocycles. The van der Waals surface area contributed by atoms with Crippen molar-refractivity contribution in [3.8, 4) is 22.8 Å². The molecule has 2 aromatic heterocycles. The minimum atomic E-state index is -0.0888. The van der Waals surface area contributed by atoms with E-state index in [2.05, 4.69) is 15.3 Å². The molecule has 0 atom stereocenters. The standard InChI is InChI=1S/C18H15N3O2/c1-11-2-4-12(5-3-11)17-19-8-6-14(21-17)16-10-13-15(23-16)7-9-20-18(13)22/h2-6,8,10H,7,9H2,1H3,(H,20,22). The van der Waals surface area contributed by atoms with E-state index in [-0.39, 0.29) is 5.91 Å². The normalized spacial score (nSPS) is 13.5. The lowest BCUT2D eigenvalue weighted by Gasteiger charge is -2.09. The molecule has 0 aliphatic carbocycles. The highest BCUT2D eigenvalue weighted by Crippen LogP contribution is 2.27. The Hall–Kier alpha value is -2.95. The lowest BCUT2D eigenvalue weighted by atomic mass is 10.1. The first-order valence-corrected chi connectivity index (χ1v) is 7.52. The summed E-state index contributed by atoms with van der Waals surface area (Å²) < 4.78 is 5.82. The Bertz CT molecular complexity index is 882. The minimum absolute atomic E-state index is 0.0888. The van der Waals surface area contributed by atoms with E-state index in [0.717, 1.165) is 11.3 Å². The Morgan fingerprint density at radius 3 is 2.78 bits per heavy atom. The van der Waals surface area contributed by atoms with Crippen molar-refractivity contribution in [2.75, 3.05) is 6.54 Å². The van der Waals surface area contributed by atoms with E-state index in [1.165, 1.54) is 5.56 Å². The third kappa shape index (κ3) is 2.50. The van der Waals surface area contributed by atoms with Gasteiger partial charge in [0, 0.05) is 24.7 Å². The number of rotatable bonds is 2. The number of nitrogens with one attached hydrogen (secondary N) is 1. The molecule has 5 nitrogen and oxygen atoms in total. The van der Waals surface area contributed by atoms with Gasteiger partial charge in [0.1, 0.15) is 11.5 Å². The maximum atomic E-state index is 11.8. The summed E-state index contributed by atoms with van der Waals surface area (Å²) in [5.41, 5.74) is 3.42. The molecular weight excluding hydrogens is 290 g/mol. The SMILES string of the molecule is Cc1ccc(-c2nccc(-c3cc4c(o3)CCNC4=O)n2)cc1. The number of hydrogen-bond acceptors (Lipinski definition) is 4. The summed E-state index contributed by atoms with van der Waals surface area (Å²) in [5.74, 6) is 1.87. The van der Waals surface area contributed by atoms with Crippen molar-refractivity contribution in [2.24, 2.45) is 0 Å². The molecule has 3 aromatic rings. The zero-order valence-corrected chi connectivity index (χ0v) is 12.7. The number of hydrogen-bond donors (Lipinski definition) is 1. The van der Waals surface area contributed by atoms with Crippen molar-refractivity contribution < 1.29 is 9.21 Å². The molecule has 1 N–H and O–H groups in total. The van der Waals surface area contributed by atoms with Gasteiger partial charge in [0.2, 0.25) is 0 Å². The Morgan fingerprint density at radius 1 is 1.17 bits per heavy atom. The summed E-state index contributed by atoms with van der Waals surface area (Å²) in [6, 6.07) is 11.6. The first kappa shape index (κ1) is 13.7. The van der Waals surface area contributed by atoms with Gasteiger partial charge in [-0.05, 0) is 19.1 Å². The van der Waals surface area contributed by atoms with Crippen LogP contribution in [0.3, 0.4) is 0 Å². The number of carbonyl (C=O) groups excluding carboxylic acids is 1. The molecule has 23 heavy (non-hydrogen) atoms. The number of nitrogens with zero attached hydrogens (tertiary/aromatic N) is 2. The van der Waals surface area contributed by atoms with Gasteiger partial charge in [-0.25, -0.2) is 9.97 Å². The van der Waals surface area contributed by atoms with Gasteiger partial charge in [-0.3, -0.25) is 4.79 Å². The molecule has 0 bridgehead atoms. The Labute approximate surface area is 133 Å². The average Bonchev–Trinajstić information content (AvgIpc) is 3.01. The van der Waals surface area contributed by atoms with Crippen LogP contribution in [-0.4, -0.2) is 22.4 Å². The van der Waals surface area contributed by atoms with E-state index in [9.17, 15) is 4.79 Å². The van der Waals surface area contributed by atoms with Gasteiger partial charge in [-0.15, -0.1) is 0 Å². The number of furan rings is 1. The molecule has 1 aliphatic rings. The minimum Gasteiger partial charge on any atom is -0.459 e. The molecular formula is C18H15N3O2. The van der Waals surface area contributed by atoms with E-state index in [1.807, 2.05) is 31.2 Å². The predicted octanol–water partition coefficient (Wildman–Crippen LogP) is 3.00. The van der Waals surface area contributed by atoms with Crippen molar-refractivity contribution in [1.29, 1.82) is 0 Å². The molecule has 0 radical (unpaired) electrons. The number of fused-ring (bicyclic) bond motifs is 1. The zero-order chi connectivity index (χ0) is 15.8. The topological polar surface area (TPSA) is 68.0 Å². The lowest BCUT2D eigenvalue weighted by Crippen LogP contribution is -2.30. The number of aromatic nitrogens is 2. The maximum absolute atomic E-state index is 11.8. The van der Waals surface area contributed by atoms with E-state index >= 15 is 0 Å². The van der Waals surface area contributed by atoms with Crippen LogP contribution in [0.5, 0.6) is 0 Å². The van der Waals surface area contributed by atoms with Crippen molar-refractivity contribution in [2.45, 2.75) is 13.3 Å². The monoisotopic (exact) mass is 305 g/mol. The van der Waals surface area contributed by atoms with Crippen molar-refractivity contribution in [3.05, 3.63) is 59.5 Å². The van der Waals surface area contributed by atoms with E-state index < -0.39 is 0 Å². The summed E-state index contributed by atoms with van der Waals surface area (Å²) in [6.07, 6.45) is 2.41. The number of benzene rings is 1. The van der Waals surface area contributed by atoms with Crippen LogP contribution in [0, 0.1) is 6.92 Å². The fourth-order valence-corrected chi connectivity index (χ4v) is 2.66. The Morgan fingerprint density at radius 2 is 2.00 bits per heavy atom. The highest BCUT2D eigenvalue weighted by atomic mass is 16.3. The molecule has 0 saturated heterocycles. The van der Waals surface area contributed by atoms with E-state index in [1.54, 1.807) is 18.3 Å². The van der Waals surface area contributed by atoms with E-state index in [4.69, 9.17) is 4.42 Å². The second kappa shape index (κ2) is 5.35. The Kier molecular flexibility index (Phi) is 3.19. The van der Waals surface area contributed by atoms with Crippen LogP contribution in [-0.2, 0) is 6.42 Å². The van der Waals surface area contributed by atoms with E-state index in [0.29, 0.717) is 35.8 Å². The van der Waals surface area contributed by atoms with Crippen LogP contribution in [0.1, 0.15) is 21.7 Å². The highest BCUT2D eigenvalue weighted by Gasteiger charge is 2.22. The van der Waals surface area contributed by atoms with Gasteiger partial charge < -0.3 is 9.73 Å². The molecule has 0 saturated carbocycles. The molecule has 1 amide bonds. The quantitative estimate of drug-likeness (QED) is 0.790. The number of carbonyl (C=O) groups is 1. The second-order valence-corrected chi connectivity index (χ2v) is 5.58. The number of amides is 1. The molecule has 5 heteroatoms. The lowest BCUT2D eigenvalue weighted by molar-refractivity contribution is 0.0943. The van der Waals surface area contributed by atoms with Crippen molar-refractivity contribution >= 4 is 5.91 Å². The van der Waals surface area contributed by atoms with Crippen LogP contribution in [0.15, 0.2) is 47.0 Å². The predicted molar refractivity (Wildman–Crippen MR) is 85.9 cm³/mol. The Balaban J connectivity index is 1.74. The molecule has 4 rings (SSSR count). The third-order valence-corrected chi connectivity index (χ3v) is 3.91. The summed E-state index contributed by atoms with van der Waals surface area (Å²) >= 11 is 0. The van der Waals surface area contributed by atoms with Gasteiger partial charge in [-0.2, -0.15) is 0 Å². The number of aryl methyl sites for hydroxylation is 1. The molecule has 3 heterocycles. The summed E-state index contributed by atoms with van der Waals surface area (Å²) in [4.78, 5) is 20.8. The van der Waals surface area contributed by atoms with Gasteiger partial charge in [-0.1, -0.05) is 29.8 Å². The van der Waals surface area contributed by atoms with Crippen LogP contribution in [0.25, 0.3) is 22.8 Å². The van der Waals surface area contributed by atoms with Crippen molar-refractivity contribution in [3.63, 3.8) is 0 Å². The fraction of sp³-hybridized carbons (Fsp3) is 0.167. The van der Waals surface area contributed by atoms with Crippen LogP contribution in [0.2, 0.25) is 0 Å². The second-order valence-electron chi connectivity index (χ2n) is 5.58. The summed E-state index contributed by atoms with van der Waals surface area (Å²) in [7, 11) is 0. The molecule has 0 fully saturated rings. The molecule has 0 spiro atoms. The summed E-state index contributed by atoms with van der Waals surface area (Å²) in [5, 5.41) is 2.81. The average molecular weight is 305 g/mol. The van der Waals surface area contributed by atoms with Crippen LogP contribution < -0.4 is 5.32 Å². The fourth-order valence-electron chi connectivity index (χ4n) is 2.66. The van der Waals surface area contributed by atoms with Gasteiger partial charge in [0.05, 0.1) is 5.56 Å². The van der Waals surface area contributed by atoms with Crippen LogP contribution in [0.4, 0.5) is 0 Å². The van der Waals surface area contributed by atoms with Gasteiger partial charge >= 0.3 is 0 Å². The van der Waals surface area contributed by atoms with Crippen molar-refractivity contribution in [1.82, 2.24) is 15.3 Å². The smallest absolute Gasteiger partial charge is 0.254 e. The third-order valence-electron chi connectivity index (χ3n) is 3.91. The van der Waals surface area contributed by atoms with Crippen LogP contribution >= 0.6 is 0 Å². The zero-order valence-electron chi connectivity index (χ0n) is 12.7.